The molecule has 1 heterocycles. The highest BCUT2D eigenvalue weighted by Crippen LogP contribution is 2.32. The number of hydrogen-bond acceptors (Lipinski definition) is 7. The molecule has 148 valence electrons. The molecule has 0 aromatic heterocycles. The number of nitrogens with zero attached hydrogens (tertiary/aromatic N) is 2. The maximum Gasteiger partial charge on any atom is 0.344 e. The summed E-state index contributed by atoms with van der Waals surface area (Å²) < 4.78 is 10.9. The lowest BCUT2D eigenvalue weighted by atomic mass is 10.2. The summed E-state index contributed by atoms with van der Waals surface area (Å²) in [5.74, 6) is -2.40. The molecule has 3 N–H and O–H groups in total. The van der Waals surface area contributed by atoms with Crippen LogP contribution in [0.2, 0.25) is 0 Å². The highest BCUT2D eigenvalue weighted by atomic mass is 16.5. The Bertz CT molecular complexity index is 682. The van der Waals surface area contributed by atoms with E-state index in [2.05, 4.69) is 22.2 Å². The highest BCUT2D eigenvalue weighted by Gasteiger charge is 2.19. The largest absolute Gasteiger partial charge is 0.489 e. The van der Waals surface area contributed by atoms with Crippen LogP contribution in [0.5, 0.6) is 5.75 Å². The van der Waals surface area contributed by atoms with Crippen LogP contribution in [0.1, 0.15) is 0 Å². The first-order valence-electron chi connectivity index (χ1n) is 8.55. The minimum absolute atomic E-state index is 0.367. The Morgan fingerprint density at radius 1 is 1.15 bits per heavy atom. The number of benzene rings is 1. The van der Waals surface area contributed by atoms with E-state index < -0.39 is 17.5 Å². The van der Waals surface area contributed by atoms with Crippen LogP contribution >= 0.6 is 0 Å². The number of carboxylic acids is 2. The van der Waals surface area contributed by atoms with E-state index in [4.69, 9.17) is 19.7 Å². The van der Waals surface area contributed by atoms with Gasteiger partial charge in [0, 0.05) is 51.2 Å². The molecule has 0 saturated carbocycles. The van der Waals surface area contributed by atoms with Gasteiger partial charge in [0.1, 0.15) is 12.4 Å². The number of carboxylic acid groups (broad SMARTS) is 2. The standard InChI is InChI=1S/C18H25N3O6/c1-20-5-7-21(8-6-20)15-4-3-13(11-16(15)27-10-9-26-2)19-12-14(17(22)23)18(24)25/h3-4,11-12,19H,5-10H2,1-2H3,(H,22,23)(H,24,25). The zero-order chi connectivity index (χ0) is 19.8. The maximum atomic E-state index is 11.0. The highest BCUT2D eigenvalue weighted by molar-refractivity contribution is 6.12. The van der Waals surface area contributed by atoms with Gasteiger partial charge in [0.05, 0.1) is 12.3 Å². The molecular formula is C18H25N3O6. The van der Waals surface area contributed by atoms with Gasteiger partial charge < -0.3 is 34.8 Å². The summed E-state index contributed by atoms with van der Waals surface area (Å²) >= 11 is 0. The second kappa shape index (κ2) is 9.79. The van der Waals surface area contributed by atoms with Crippen LogP contribution in [0.3, 0.4) is 0 Å². The molecule has 1 fully saturated rings. The molecule has 1 aromatic rings. The number of aliphatic carboxylic acids is 2. The molecule has 2 rings (SSSR count). The van der Waals surface area contributed by atoms with Gasteiger partial charge in [-0.2, -0.15) is 0 Å². The first kappa shape index (κ1) is 20.5. The Hall–Kier alpha value is -2.78. The second-order valence-electron chi connectivity index (χ2n) is 6.13. The van der Waals surface area contributed by atoms with Gasteiger partial charge >= 0.3 is 11.9 Å². The van der Waals surface area contributed by atoms with Crippen LogP contribution in [-0.4, -0.2) is 80.6 Å². The first-order valence-corrected chi connectivity index (χ1v) is 8.55. The average molecular weight is 379 g/mol. The van der Waals surface area contributed by atoms with E-state index in [9.17, 15) is 9.59 Å². The molecule has 1 aliphatic rings. The summed E-state index contributed by atoms with van der Waals surface area (Å²) in [4.78, 5) is 26.4. The van der Waals surface area contributed by atoms with Crippen molar-refractivity contribution in [2.45, 2.75) is 0 Å². The lowest BCUT2D eigenvalue weighted by Crippen LogP contribution is -2.44. The Morgan fingerprint density at radius 3 is 2.41 bits per heavy atom. The van der Waals surface area contributed by atoms with Crippen LogP contribution in [0, 0.1) is 0 Å². The summed E-state index contributed by atoms with van der Waals surface area (Å²) in [6.07, 6.45) is 0.953. The lowest BCUT2D eigenvalue weighted by Gasteiger charge is -2.35. The molecule has 0 amide bonds. The molecule has 1 aromatic carbocycles. The molecular weight excluding hydrogens is 354 g/mol. The Kier molecular flexibility index (Phi) is 7.44. The molecule has 1 saturated heterocycles. The average Bonchev–Trinajstić information content (AvgIpc) is 2.62. The van der Waals surface area contributed by atoms with Crippen molar-refractivity contribution in [2.75, 3.05) is 63.8 Å². The van der Waals surface area contributed by atoms with Gasteiger partial charge in [0.2, 0.25) is 0 Å². The van der Waals surface area contributed by atoms with Crippen molar-refractivity contribution in [1.29, 1.82) is 0 Å². The SMILES string of the molecule is COCCOc1cc(NC=C(C(=O)O)C(=O)O)ccc1N1CCN(C)CC1. The zero-order valence-corrected chi connectivity index (χ0v) is 15.5. The zero-order valence-electron chi connectivity index (χ0n) is 15.5. The fourth-order valence-electron chi connectivity index (χ4n) is 2.63. The Morgan fingerprint density at radius 2 is 1.81 bits per heavy atom. The van der Waals surface area contributed by atoms with Crippen molar-refractivity contribution in [3.05, 3.63) is 30.0 Å². The van der Waals surface area contributed by atoms with E-state index in [0.29, 0.717) is 24.7 Å². The van der Waals surface area contributed by atoms with Crippen molar-refractivity contribution in [1.82, 2.24) is 4.90 Å². The number of ether oxygens (including phenoxy) is 2. The smallest absolute Gasteiger partial charge is 0.344 e. The molecule has 0 unspecified atom stereocenters. The molecule has 9 heteroatoms. The van der Waals surface area contributed by atoms with Crippen LogP contribution in [0.4, 0.5) is 11.4 Å². The van der Waals surface area contributed by atoms with Gasteiger partial charge in [-0.3, -0.25) is 0 Å². The monoisotopic (exact) mass is 379 g/mol. The van der Waals surface area contributed by atoms with E-state index in [1.165, 1.54) is 0 Å². The van der Waals surface area contributed by atoms with Crippen molar-refractivity contribution in [2.24, 2.45) is 0 Å². The van der Waals surface area contributed by atoms with Gasteiger partial charge in [-0.05, 0) is 19.2 Å². The van der Waals surface area contributed by atoms with Crippen LogP contribution < -0.4 is 15.0 Å². The number of rotatable bonds is 9. The number of anilines is 2. The fraction of sp³-hybridized carbons (Fsp3) is 0.444. The van der Waals surface area contributed by atoms with Crippen molar-refractivity contribution < 1.29 is 29.3 Å². The van der Waals surface area contributed by atoms with Gasteiger partial charge in [-0.15, -0.1) is 0 Å². The number of carbonyl (C=O) groups is 2. The number of likely N-dealkylation sites (N-methyl/N-ethyl adjacent to an activating group) is 1. The summed E-state index contributed by atoms with van der Waals surface area (Å²) in [6.45, 7) is 4.42. The fourth-order valence-corrected chi connectivity index (χ4v) is 2.63. The summed E-state index contributed by atoms with van der Waals surface area (Å²) in [6, 6.07) is 5.36. The molecule has 0 radical (unpaired) electrons. The topological polar surface area (TPSA) is 112 Å². The third-order valence-corrected chi connectivity index (χ3v) is 4.19. The molecule has 1 aliphatic heterocycles. The van der Waals surface area contributed by atoms with Gasteiger partial charge in [0.15, 0.2) is 5.57 Å². The van der Waals surface area contributed by atoms with Crippen LogP contribution in [0.25, 0.3) is 0 Å². The molecule has 0 bridgehead atoms. The normalized spacial score (nSPS) is 14.5. The van der Waals surface area contributed by atoms with Gasteiger partial charge in [0.25, 0.3) is 0 Å². The third-order valence-electron chi connectivity index (χ3n) is 4.19. The Balaban J connectivity index is 2.22. The second-order valence-corrected chi connectivity index (χ2v) is 6.13. The van der Waals surface area contributed by atoms with Gasteiger partial charge in [-0.25, -0.2) is 9.59 Å². The lowest BCUT2D eigenvalue weighted by molar-refractivity contribution is -0.140. The molecule has 0 atom stereocenters. The minimum Gasteiger partial charge on any atom is -0.489 e. The third kappa shape index (κ3) is 5.87. The number of hydrogen-bond donors (Lipinski definition) is 3. The van der Waals surface area contributed by atoms with E-state index in [-0.39, 0.29) is 0 Å². The molecule has 0 spiro atoms. The van der Waals surface area contributed by atoms with Crippen LogP contribution in [0.15, 0.2) is 30.0 Å². The van der Waals surface area contributed by atoms with E-state index in [0.717, 1.165) is 38.1 Å². The van der Waals surface area contributed by atoms with Crippen molar-refractivity contribution >= 4 is 23.3 Å². The number of piperazine rings is 1. The van der Waals surface area contributed by atoms with E-state index >= 15 is 0 Å². The minimum atomic E-state index is -1.51. The number of nitrogens with one attached hydrogen (secondary N) is 1. The summed E-state index contributed by atoms with van der Waals surface area (Å²) in [5.41, 5.74) is 0.714. The first-order chi connectivity index (χ1) is 12.9. The van der Waals surface area contributed by atoms with Crippen LogP contribution in [-0.2, 0) is 14.3 Å². The van der Waals surface area contributed by atoms with Crippen molar-refractivity contribution in [3.8, 4) is 5.75 Å². The Labute approximate surface area is 157 Å². The molecule has 27 heavy (non-hydrogen) atoms. The predicted octanol–water partition coefficient (Wildman–Crippen LogP) is 0.929. The predicted molar refractivity (Wildman–Crippen MR) is 101 cm³/mol. The van der Waals surface area contributed by atoms with Crippen molar-refractivity contribution in [3.63, 3.8) is 0 Å². The van der Waals surface area contributed by atoms with E-state index in [1.54, 1.807) is 19.2 Å². The number of methoxy groups -OCH3 is 1. The maximum absolute atomic E-state index is 11.0. The summed E-state index contributed by atoms with van der Waals surface area (Å²) in [5, 5.41) is 20.5. The molecule has 9 nitrogen and oxygen atoms in total. The van der Waals surface area contributed by atoms with E-state index in [1.807, 2.05) is 6.07 Å². The summed E-state index contributed by atoms with van der Waals surface area (Å²) in [7, 11) is 3.67. The molecule has 0 aliphatic carbocycles. The quantitative estimate of drug-likeness (QED) is 0.250. The van der Waals surface area contributed by atoms with Gasteiger partial charge in [-0.1, -0.05) is 0 Å².